The lowest BCUT2D eigenvalue weighted by Crippen LogP contribution is -2.32. The molecule has 162 valence electrons. The number of pyridine rings is 1. The standard InChI is InChI=1S/C25H22ClN3O3/c1-16(2)32-21-12-10-19(11-13-21)28-23-22(17-6-8-18(26)9-7-17)24(30)29(25(23)31)15-20-5-3-4-14-27-20/h3-14,16,28H,15H2,1-2H3. The van der Waals surface area contributed by atoms with E-state index < -0.39 is 5.91 Å². The van der Waals surface area contributed by atoms with Crippen LogP contribution in [0.2, 0.25) is 5.02 Å². The first-order chi connectivity index (χ1) is 15.4. The van der Waals surface area contributed by atoms with Crippen molar-refractivity contribution >= 4 is 34.7 Å². The lowest BCUT2D eigenvalue weighted by atomic mass is 10.0. The van der Waals surface area contributed by atoms with Crippen LogP contribution in [0, 0.1) is 0 Å². The molecule has 0 saturated heterocycles. The van der Waals surface area contributed by atoms with Crippen molar-refractivity contribution in [3.8, 4) is 5.75 Å². The van der Waals surface area contributed by atoms with Gasteiger partial charge in [-0.3, -0.25) is 19.5 Å². The van der Waals surface area contributed by atoms with E-state index in [1.807, 2.05) is 44.2 Å². The number of nitrogens with zero attached hydrogens (tertiary/aromatic N) is 2. The van der Waals surface area contributed by atoms with Crippen molar-refractivity contribution in [2.24, 2.45) is 0 Å². The van der Waals surface area contributed by atoms with Gasteiger partial charge in [0.25, 0.3) is 11.8 Å². The van der Waals surface area contributed by atoms with E-state index in [1.54, 1.807) is 42.6 Å². The maximum atomic E-state index is 13.3. The minimum absolute atomic E-state index is 0.0576. The maximum Gasteiger partial charge on any atom is 0.278 e. The Labute approximate surface area is 191 Å². The summed E-state index contributed by atoms with van der Waals surface area (Å²) in [5.74, 6) is -0.0681. The maximum absolute atomic E-state index is 13.3. The summed E-state index contributed by atoms with van der Waals surface area (Å²) in [7, 11) is 0. The van der Waals surface area contributed by atoms with Crippen LogP contribution in [-0.4, -0.2) is 27.8 Å². The Morgan fingerprint density at radius 3 is 2.31 bits per heavy atom. The molecule has 1 aromatic heterocycles. The predicted octanol–water partition coefficient (Wildman–Crippen LogP) is 4.91. The average Bonchev–Trinajstić information content (AvgIpc) is 3.00. The first-order valence-corrected chi connectivity index (χ1v) is 10.6. The Kier molecular flexibility index (Phi) is 6.23. The van der Waals surface area contributed by atoms with Crippen molar-refractivity contribution in [1.82, 2.24) is 9.88 Å². The number of carbonyl (C=O) groups is 2. The van der Waals surface area contributed by atoms with Crippen molar-refractivity contribution < 1.29 is 14.3 Å². The third kappa shape index (κ3) is 4.65. The van der Waals surface area contributed by atoms with E-state index in [9.17, 15) is 9.59 Å². The summed E-state index contributed by atoms with van der Waals surface area (Å²) in [6.45, 7) is 3.99. The van der Waals surface area contributed by atoms with E-state index in [4.69, 9.17) is 16.3 Å². The molecule has 0 bridgehead atoms. The van der Waals surface area contributed by atoms with Gasteiger partial charge in [-0.2, -0.15) is 0 Å². The second-order valence-corrected chi connectivity index (χ2v) is 8.03. The summed E-state index contributed by atoms with van der Waals surface area (Å²) in [5, 5.41) is 3.69. The van der Waals surface area contributed by atoms with Crippen LogP contribution in [0.15, 0.2) is 78.6 Å². The molecule has 2 heterocycles. The number of carbonyl (C=O) groups excluding carboxylic acids is 2. The highest BCUT2D eigenvalue weighted by Gasteiger charge is 2.39. The number of hydrogen-bond acceptors (Lipinski definition) is 5. The van der Waals surface area contributed by atoms with Crippen LogP contribution in [0.4, 0.5) is 5.69 Å². The highest BCUT2D eigenvalue weighted by atomic mass is 35.5. The van der Waals surface area contributed by atoms with E-state index in [0.29, 0.717) is 27.5 Å². The van der Waals surface area contributed by atoms with Crippen LogP contribution >= 0.6 is 11.6 Å². The highest BCUT2D eigenvalue weighted by molar-refractivity contribution is 6.36. The molecule has 1 aliphatic heterocycles. The first-order valence-electron chi connectivity index (χ1n) is 10.2. The van der Waals surface area contributed by atoms with Gasteiger partial charge in [-0.25, -0.2) is 0 Å². The number of imide groups is 1. The monoisotopic (exact) mass is 447 g/mol. The van der Waals surface area contributed by atoms with Crippen molar-refractivity contribution in [2.45, 2.75) is 26.5 Å². The Morgan fingerprint density at radius 1 is 0.969 bits per heavy atom. The van der Waals surface area contributed by atoms with Gasteiger partial charge in [-0.05, 0) is 67.9 Å². The van der Waals surface area contributed by atoms with Crippen LogP contribution in [0.25, 0.3) is 5.57 Å². The van der Waals surface area contributed by atoms with Crippen LogP contribution in [0.5, 0.6) is 5.75 Å². The molecular weight excluding hydrogens is 426 g/mol. The molecule has 0 radical (unpaired) electrons. The molecular formula is C25H22ClN3O3. The van der Waals surface area contributed by atoms with Gasteiger partial charge in [0.1, 0.15) is 11.4 Å². The van der Waals surface area contributed by atoms with Gasteiger partial charge in [0.15, 0.2) is 0 Å². The number of nitrogens with one attached hydrogen (secondary N) is 1. The summed E-state index contributed by atoms with van der Waals surface area (Å²) in [6, 6.07) is 19.5. The number of anilines is 1. The smallest absolute Gasteiger partial charge is 0.278 e. The molecule has 0 saturated carbocycles. The molecule has 3 aromatic rings. The molecule has 0 spiro atoms. The number of rotatable bonds is 7. The van der Waals surface area contributed by atoms with Crippen LogP contribution in [0.1, 0.15) is 25.1 Å². The van der Waals surface area contributed by atoms with Crippen molar-refractivity contribution in [3.63, 3.8) is 0 Å². The zero-order valence-corrected chi connectivity index (χ0v) is 18.5. The first kappa shape index (κ1) is 21.6. The SMILES string of the molecule is CC(C)Oc1ccc(NC2=C(c3ccc(Cl)cc3)C(=O)N(Cc3ccccn3)C2=O)cc1. The van der Waals surface area contributed by atoms with Gasteiger partial charge in [0, 0.05) is 16.9 Å². The van der Waals surface area contributed by atoms with Crippen LogP contribution in [-0.2, 0) is 16.1 Å². The predicted molar refractivity (Wildman–Crippen MR) is 124 cm³/mol. The number of hydrogen-bond donors (Lipinski definition) is 1. The molecule has 32 heavy (non-hydrogen) atoms. The van der Waals surface area contributed by atoms with Crippen molar-refractivity contribution in [3.05, 3.63) is 94.9 Å². The molecule has 4 rings (SSSR count). The molecule has 2 aromatic carbocycles. The molecule has 2 amide bonds. The average molecular weight is 448 g/mol. The van der Waals surface area contributed by atoms with Gasteiger partial charge in [-0.15, -0.1) is 0 Å². The van der Waals surface area contributed by atoms with E-state index in [-0.39, 0.29) is 24.3 Å². The second kappa shape index (κ2) is 9.24. The van der Waals surface area contributed by atoms with E-state index in [2.05, 4.69) is 10.3 Å². The lowest BCUT2D eigenvalue weighted by Gasteiger charge is -2.15. The van der Waals surface area contributed by atoms with Gasteiger partial charge >= 0.3 is 0 Å². The fraction of sp³-hybridized carbons (Fsp3) is 0.160. The Balaban J connectivity index is 1.68. The molecule has 6 nitrogen and oxygen atoms in total. The van der Waals surface area contributed by atoms with Gasteiger partial charge in [0.2, 0.25) is 0 Å². The summed E-state index contributed by atoms with van der Waals surface area (Å²) in [6.07, 6.45) is 1.69. The fourth-order valence-corrected chi connectivity index (χ4v) is 3.53. The molecule has 0 atom stereocenters. The van der Waals surface area contributed by atoms with Crippen molar-refractivity contribution in [1.29, 1.82) is 0 Å². The third-order valence-electron chi connectivity index (χ3n) is 4.84. The van der Waals surface area contributed by atoms with E-state index in [0.717, 1.165) is 5.75 Å². The quantitative estimate of drug-likeness (QED) is 0.521. The molecule has 0 fully saturated rings. The van der Waals surface area contributed by atoms with Crippen LogP contribution in [0.3, 0.4) is 0 Å². The molecule has 0 unspecified atom stereocenters. The summed E-state index contributed by atoms with van der Waals surface area (Å²) >= 11 is 6.02. The number of amides is 2. The number of benzene rings is 2. The minimum atomic E-state index is -0.409. The normalized spacial score (nSPS) is 13.8. The molecule has 1 aliphatic rings. The number of halogens is 1. The van der Waals surface area contributed by atoms with Gasteiger partial charge in [0.05, 0.1) is 23.9 Å². The molecule has 0 aliphatic carbocycles. The third-order valence-corrected chi connectivity index (χ3v) is 5.09. The fourth-order valence-electron chi connectivity index (χ4n) is 3.41. The molecule has 7 heteroatoms. The topological polar surface area (TPSA) is 71.5 Å². The minimum Gasteiger partial charge on any atom is -0.491 e. The van der Waals surface area contributed by atoms with Crippen molar-refractivity contribution in [2.75, 3.05) is 5.32 Å². The number of aromatic nitrogens is 1. The number of ether oxygens (including phenoxy) is 1. The van der Waals surface area contributed by atoms with Crippen LogP contribution < -0.4 is 10.1 Å². The Morgan fingerprint density at radius 2 is 1.69 bits per heavy atom. The van der Waals surface area contributed by atoms with E-state index >= 15 is 0 Å². The summed E-state index contributed by atoms with van der Waals surface area (Å²) in [5.41, 5.74) is 2.42. The lowest BCUT2D eigenvalue weighted by molar-refractivity contribution is -0.137. The Bertz CT molecular complexity index is 1160. The highest BCUT2D eigenvalue weighted by Crippen LogP contribution is 2.32. The molecule has 1 N–H and O–H groups in total. The second-order valence-electron chi connectivity index (χ2n) is 7.59. The largest absolute Gasteiger partial charge is 0.491 e. The van der Waals surface area contributed by atoms with E-state index in [1.165, 1.54) is 4.90 Å². The summed E-state index contributed by atoms with van der Waals surface area (Å²) in [4.78, 5) is 32.0. The van der Waals surface area contributed by atoms with Gasteiger partial charge < -0.3 is 10.1 Å². The zero-order chi connectivity index (χ0) is 22.7. The Hall–Kier alpha value is -3.64. The zero-order valence-electron chi connectivity index (χ0n) is 17.7. The van der Waals surface area contributed by atoms with Gasteiger partial charge in [-0.1, -0.05) is 29.8 Å². The summed E-state index contributed by atoms with van der Waals surface area (Å²) < 4.78 is 5.67.